The lowest BCUT2D eigenvalue weighted by atomic mass is 9.98. The molecule has 0 bridgehead atoms. The third-order valence-corrected chi connectivity index (χ3v) is 4.34. The van der Waals surface area contributed by atoms with Crippen LogP contribution in [0.5, 0.6) is 5.75 Å². The van der Waals surface area contributed by atoms with E-state index in [-0.39, 0.29) is 5.75 Å². The average Bonchev–Trinajstić information content (AvgIpc) is 2.55. The lowest BCUT2D eigenvalue weighted by Gasteiger charge is -2.36. The third-order valence-electron chi connectivity index (χ3n) is 4.34. The standard InChI is InChI=1S/C17H19F3N2O/c18-17(19,20)13-5-6-15(16(23)9-13)12-3-2-8-22(11-12)14-4-1-7-21-10-14/h2-3,5-6,8-9,14,21,23H,1,4,7,10-11H2. The highest BCUT2D eigenvalue weighted by Gasteiger charge is 2.31. The summed E-state index contributed by atoms with van der Waals surface area (Å²) in [6, 6.07) is 3.53. The quantitative estimate of drug-likeness (QED) is 0.875. The number of alkyl halides is 3. The highest BCUT2D eigenvalue weighted by Crippen LogP contribution is 2.35. The molecular weight excluding hydrogens is 305 g/mol. The van der Waals surface area contributed by atoms with Gasteiger partial charge in [-0.1, -0.05) is 12.1 Å². The molecule has 0 aliphatic carbocycles. The number of hydrogen-bond acceptors (Lipinski definition) is 3. The molecule has 0 spiro atoms. The first-order valence-electron chi connectivity index (χ1n) is 7.69. The number of benzene rings is 1. The fraction of sp³-hybridized carbons (Fsp3) is 0.412. The summed E-state index contributed by atoms with van der Waals surface area (Å²) in [7, 11) is 0. The Balaban J connectivity index is 1.79. The third kappa shape index (κ3) is 3.52. The van der Waals surface area contributed by atoms with Gasteiger partial charge >= 0.3 is 6.18 Å². The lowest BCUT2D eigenvalue weighted by molar-refractivity contribution is -0.137. The number of nitrogens with zero attached hydrogens (tertiary/aromatic N) is 1. The zero-order valence-corrected chi connectivity index (χ0v) is 12.6. The van der Waals surface area contributed by atoms with Crippen molar-refractivity contribution in [3.63, 3.8) is 0 Å². The topological polar surface area (TPSA) is 35.5 Å². The number of rotatable bonds is 2. The van der Waals surface area contributed by atoms with Crippen molar-refractivity contribution in [1.82, 2.24) is 10.2 Å². The predicted octanol–water partition coefficient (Wildman–Crippen LogP) is 3.38. The number of halogens is 3. The maximum Gasteiger partial charge on any atom is 0.416 e. The first kappa shape index (κ1) is 15.9. The smallest absolute Gasteiger partial charge is 0.416 e. The second kappa shape index (κ2) is 6.28. The Kier molecular flexibility index (Phi) is 4.35. The number of phenolic OH excluding ortho intramolecular Hbond substituents is 1. The molecular formula is C17H19F3N2O. The Hall–Kier alpha value is -1.95. The first-order valence-corrected chi connectivity index (χ1v) is 7.69. The van der Waals surface area contributed by atoms with Crippen LogP contribution in [-0.4, -0.2) is 35.7 Å². The van der Waals surface area contributed by atoms with Crippen molar-refractivity contribution in [3.8, 4) is 5.75 Å². The van der Waals surface area contributed by atoms with Crippen molar-refractivity contribution in [2.45, 2.75) is 25.1 Å². The minimum Gasteiger partial charge on any atom is -0.507 e. The van der Waals surface area contributed by atoms with Crippen molar-refractivity contribution in [2.75, 3.05) is 19.6 Å². The summed E-state index contributed by atoms with van der Waals surface area (Å²) in [5.74, 6) is -0.330. The van der Waals surface area contributed by atoms with E-state index in [1.165, 1.54) is 6.07 Å². The Morgan fingerprint density at radius 2 is 2.09 bits per heavy atom. The minimum atomic E-state index is -4.45. The van der Waals surface area contributed by atoms with E-state index >= 15 is 0 Å². The van der Waals surface area contributed by atoms with Gasteiger partial charge in [0.2, 0.25) is 0 Å². The van der Waals surface area contributed by atoms with E-state index in [1.54, 1.807) is 0 Å². The Morgan fingerprint density at radius 3 is 2.74 bits per heavy atom. The van der Waals surface area contributed by atoms with Crippen molar-refractivity contribution in [1.29, 1.82) is 0 Å². The van der Waals surface area contributed by atoms with Crippen LogP contribution in [0.3, 0.4) is 0 Å². The number of nitrogens with one attached hydrogen (secondary N) is 1. The van der Waals surface area contributed by atoms with E-state index < -0.39 is 11.7 Å². The molecule has 3 nitrogen and oxygen atoms in total. The second-order valence-electron chi connectivity index (χ2n) is 5.94. The molecule has 0 saturated carbocycles. The van der Waals surface area contributed by atoms with Crippen molar-refractivity contribution >= 4 is 5.57 Å². The molecule has 2 aliphatic heterocycles. The van der Waals surface area contributed by atoms with Crippen molar-refractivity contribution < 1.29 is 18.3 Å². The van der Waals surface area contributed by atoms with Crippen LogP contribution < -0.4 is 5.32 Å². The summed E-state index contributed by atoms with van der Waals surface area (Å²) >= 11 is 0. The molecule has 1 aromatic carbocycles. The lowest BCUT2D eigenvalue weighted by Crippen LogP contribution is -2.44. The van der Waals surface area contributed by atoms with Gasteiger partial charge in [-0.15, -0.1) is 0 Å². The molecule has 0 radical (unpaired) electrons. The van der Waals surface area contributed by atoms with Gasteiger partial charge < -0.3 is 15.3 Å². The van der Waals surface area contributed by atoms with Gasteiger partial charge in [0.1, 0.15) is 5.75 Å². The van der Waals surface area contributed by atoms with Crippen molar-refractivity contribution in [2.24, 2.45) is 0 Å². The molecule has 124 valence electrons. The summed E-state index contributed by atoms with van der Waals surface area (Å²) < 4.78 is 38.1. The number of piperidine rings is 1. The maximum atomic E-state index is 12.7. The molecule has 1 atom stereocenters. The summed E-state index contributed by atoms with van der Waals surface area (Å²) in [6.45, 7) is 2.51. The van der Waals surface area contributed by atoms with Crippen LogP contribution in [0.15, 0.2) is 36.6 Å². The number of phenols is 1. The van der Waals surface area contributed by atoms with Gasteiger partial charge in [0, 0.05) is 24.7 Å². The van der Waals surface area contributed by atoms with Crippen LogP contribution in [-0.2, 0) is 6.18 Å². The summed E-state index contributed by atoms with van der Waals surface area (Å²) in [5, 5.41) is 13.4. The molecule has 0 aromatic heterocycles. The van der Waals surface area contributed by atoms with Gasteiger partial charge in [-0.2, -0.15) is 13.2 Å². The number of allylic oxidation sites excluding steroid dienone is 2. The highest BCUT2D eigenvalue weighted by molar-refractivity contribution is 5.74. The fourth-order valence-corrected chi connectivity index (χ4v) is 3.09. The van der Waals surface area contributed by atoms with E-state index in [4.69, 9.17) is 0 Å². The van der Waals surface area contributed by atoms with Crippen LogP contribution in [0.2, 0.25) is 0 Å². The maximum absolute atomic E-state index is 12.7. The zero-order chi connectivity index (χ0) is 16.4. The van der Waals surface area contributed by atoms with Gasteiger partial charge in [0.05, 0.1) is 5.56 Å². The number of aromatic hydroxyl groups is 1. The molecule has 1 saturated heterocycles. The molecule has 1 aromatic rings. The van der Waals surface area contributed by atoms with E-state index in [0.717, 1.165) is 43.6 Å². The largest absolute Gasteiger partial charge is 0.507 e. The molecule has 23 heavy (non-hydrogen) atoms. The summed E-state index contributed by atoms with van der Waals surface area (Å²) in [4.78, 5) is 2.18. The molecule has 1 fully saturated rings. The molecule has 0 amide bonds. The molecule has 6 heteroatoms. The van der Waals surface area contributed by atoms with E-state index in [0.29, 0.717) is 18.2 Å². The van der Waals surface area contributed by atoms with Gasteiger partial charge in [0.25, 0.3) is 0 Å². The molecule has 2 N–H and O–H groups in total. The van der Waals surface area contributed by atoms with Gasteiger partial charge in [-0.3, -0.25) is 0 Å². The zero-order valence-electron chi connectivity index (χ0n) is 12.6. The Morgan fingerprint density at radius 1 is 1.26 bits per heavy atom. The van der Waals surface area contributed by atoms with Crippen LogP contribution in [0.25, 0.3) is 5.57 Å². The first-order chi connectivity index (χ1) is 10.9. The predicted molar refractivity (Wildman–Crippen MR) is 82.8 cm³/mol. The van der Waals surface area contributed by atoms with E-state index in [9.17, 15) is 18.3 Å². The Labute approximate surface area is 133 Å². The fourth-order valence-electron chi connectivity index (χ4n) is 3.09. The minimum absolute atomic E-state index is 0.330. The molecule has 1 unspecified atom stereocenters. The van der Waals surface area contributed by atoms with Crippen LogP contribution >= 0.6 is 0 Å². The SMILES string of the molecule is Oc1cc(C(F)(F)F)ccc1C1=CC=CN(C2CCCNC2)C1. The monoisotopic (exact) mass is 324 g/mol. The molecule has 2 aliphatic rings. The molecule has 3 rings (SSSR count). The number of hydrogen-bond donors (Lipinski definition) is 2. The average molecular weight is 324 g/mol. The second-order valence-corrected chi connectivity index (χ2v) is 5.94. The Bertz CT molecular complexity index is 631. The van der Waals surface area contributed by atoms with Crippen molar-refractivity contribution in [3.05, 3.63) is 47.7 Å². The van der Waals surface area contributed by atoms with Gasteiger partial charge in [-0.05, 0) is 49.4 Å². The highest BCUT2D eigenvalue weighted by atomic mass is 19.4. The summed E-state index contributed by atoms with van der Waals surface area (Å²) in [6.07, 6.45) is 3.47. The van der Waals surface area contributed by atoms with Crippen LogP contribution in [0.4, 0.5) is 13.2 Å². The van der Waals surface area contributed by atoms with Gasteiger partial charge in [-0.25, -0.2) is 0 Å². The van der Waals surface area contributed by atoms with Crippen LogP contribution in [0.1, 0.15) is 24.0 Å². The summed E-state index contributed by atoms with van der Waals surface area (Å²) in [5.41, 5.74) is 0.444. The van der Waals surface area contributed by atoms with Crippen LogP contribution in [0, 0.1) is 0 Å². The molecule has 2 heterocycles. The van der Waals surface area contributed by atoms with E-state index in [1.807, 2.05) is 18.4 Å². The van der Waals surface area contributed by atoms with Gasteiger partial charge in [0.15, 0.2) is 0 Å². The normalized spacial score (nSPS) is 22.1. The van der Waals surface area contributed by atoms with E-state index in [2.05, 4.69) is 10.2 Å².